The maximum atomic E-state index is 5.69. The SMILES string of the molecule is COc1ccc(SC2CCCCC2)c(CCCCCN)c1OC. The minimum absolute atomic E-state index is 0.754. The highest BCUT2D eigenvalue weighted by Gasteiger charge is 2.20. The predicted octanol–water partition coefficient (Wildman–Crippen LogP) is 4.80. The Morgan fingerprint density at radius 1 is 1.04 bits per heavy atom. The molecule has 130 valence electrons. The average Bonchev–Trinajstić information content (AvgIpc) is 2.60. The largest absolute Gasteiger partial charge is 0.493 e. The number of methoxy groups -OCH3 is 2. The molecule has 0 bridgehead atoms. The topological polar surface area (TPSA) is 44.5 Å². The second kappa shape index (κ2) is 10.1. The normalized spacial score (nSPS) is 15.6. The number of hydrogen-bond donors (Lipinski definition) is 1. The van der Waals surface area contributed by atoms with Gasteiger partial charge in [-0.05, 0) is 50.8 Å². The van der Waals surface area contributed by atoms with Crippen LogP contribution < -0.4 is 15.2 Å². The first-order valence-corrected chi connectivity index (χ1v) is 9.78. The number of benzene rings is 1. The summed E-state index contributed by atoms with van der Waals surface area (Å²) in [5, 5.41) is 0.754. The molecule has 1 aromatic rings. The molecule has 1 aliphatic carbocycles. The van der Waals surface area contributed by atoms with E-state index >= 15 is 0 Å². The van der Waals surface area contributed by atoms with Gasteiger partial charge in [-0.2, -0.15) is 0 Å². The van der Waals surface area contributed by atoms with Gasteiger partial charge in [0.15, 0.2) is 11.5 Å². The summed E-state index contributed by atoms with van der Waals surface area (Å²) in [6.07, 6.45) is 11.3. The molecule has 1 aliphatic rings. The lowest BCUT2D eigenvalue weighted by atomic mass is 10.0. The summed E-state index contributed by atoms with van der Waals surface area (Å²) < 4.78 is 11.2. The molecule has 1 saturated carbocycles. The summed E-state index contributed by atoms with van der Waals surface area (Å²) in [5.74, 6) is 1.76. The molecule has 23 heavy (non-hydrogen) atoms. The number of nitrogens with two attached hydrogens (primary N) is 1. The lowest BCUT2D eigenvalue weighted by Crippen LogP contribution is -2.09. The molecule has 2 rings (SSSR count). The van der Waals surface area contributed by atoms with E-state index in [1.807, 2.05) is 17.8 Å². The smallest absolute Gasteiger partial charge is 0.165 e. The summed E-state index contributed by atoms with van der Waals surface area (Å²) >= 11 is 2.04. The quantitative estimate of drug-likeness (QED) is 0.657. The van der Waals surface area contributed by atoms with Crippen molar-refractivity contribution in [2.45, 2.75) is 67.9 Å². The molecule has 0 aliphatic heterocycles. The number of rotatable bonds is 9. The Morgan fingerprint density at radius 3 is 2.48 bits per heavy atom. The van der Waals surface area contributed by atoms with E-state index in [1.165, 1.54) is 49.0 Å². The van der Waals surface area contributed by atoms with Crippen molar-refractivity contribution in [1.29, 1.82) is 0 Å². The zero-order valence-electron chi connectivity index (χ0n) is 14.6. The van der Waals surface area contributed by atoms with Crippen molar-refractivity contribution in [3.8, 4) is 11.5 Å². The van der Waals surface area contributed by atoms with Gasteiger partial charge < -0.3 is 15.2 Å². The molecule has 1 aromatic carbocycles. The van der Waals surface area contributed by atoms with Crippen LogP contribution in [0.2, 0.25) is 0 Å². The third-order valence-corrected chi connectivity index (χ3v) is 6.02. The third kappa shape index (κ3) is 5.32. The number of ether oxygens (including phenoxy) is 2. The fourth-order valence-electron chi connectivity index (χ4n) is 3.31. The maximum absolute atomic E-state index is 5.69. The maximum Gasteiger partial charge on any atom is 0.165 e. The lowest BCUT2D eigenvalue weighted by Gasteiger charge is -2.23. The second-order valence-corrected chi connectivity index (χ2v) is 7.60. The van der Waals surface area contributed by atoms with E-state index in [9.17, 15) is 0 Å². The van der Waals surface area contributed by atoms with Crippen LogP contribution in [0.5, 0.6) is 11.5 Å². The molecular weight excluding hydrogens is 306 g/mol. The van der Waals surface area contributed by atoms with E-state index in [1.54, 1.807) is 14.2 Å². The molecular formula is C19H31NO2S. The van der Waals surface area contributed by atoms with Crippen molar-refractivity contribution in [2.75, 3.05) is 20.8 Å². The van der Waals surface area contributed by atoms with Gasteiger partial charge in [-0.25, -0.2) is 0 Å². The molecule has 0 atom stereocenters. The highest BCUT2D eigenvalue weighted by molar-refractivity contribution is 8.00. The van der Waals surface area contributed by atoms with Crippen LogP contribution >= 0.6 is 11.8 Å². The monoisotopic (exact) mass is 337 g/mol. The van der Waals surface area contributed by atoms with Gasteiger partial charge in [0.05, 0.1) is 14.2 Å². The molecule has 3 nitrogen and oxygen atoms in total. The van der Waals surface area contributed by atoms with E-state index in [0.717, 1.165) is 42.6 Å². The van der Waals surface area contributed by atoms with Gasteiger partial charge in [-0.3, -0.25) is 0 Å². The van der Waals surface area contributed by atoms with Crippen LogP contribution in [0, 0.1) is 0 Å². The molecule has 4 heteroatoms. The Kier molecular flexibility index (Phi) is 8.10. The van der Waals surface area contributed by atoms with E-state index in [4.69, 9.17) is 15.2 Å². The first kappa shape index (κ1) is 18.5. The van der Waals surface area contributed by atoms with Crippen molar-refractivity contribution in [1.82, 2.24) is 0 Å². The number of hydrogen-bond acceptors (Lipinski definition) is 4. The van der Waals surface area contributed by atoms with Gasteiger partial charge in [0.1, 0.15) is 0 Å². The Balaban J connectivity index is 2.16. The standard InChI is InChI=1S/C19H31NO2S/c1-21-17-12-13-18(23-15-9-5-3-6-10-15)16(19(17)22-2)11-7-4-8-14-20/h12-13,15H,3-11,14,20H2,1-2H3. The number of unbranched alkanes of at least 4 members (excludes halogenated alkanes) is 2. The van der Waals surface area contributed by atoms with E-state index in [0.29, 0.717) is 0 Å². The predicted molar refractivity (Wildman–Crippen MR) is 98.9 cm³/mol. The Bertz CT molecular complexity index is 473. The van der Waals surface area contributed by atoms with Crippen LogP contribution in [0.25, 0.3) is 0 Å². The zero-order chi connectivity index (χ0) is 16.5. The first-order chi connectivity index (χ1) is 11.3. The highest BCUT2D eigenvalue weighted by Crippen LogP contribution is 2.42. The van der Waals surface area contributed by atoms with Crippen molar-refractivity contribution in [2.24, 2.45) is 5.73 Å². The number of thioether (sulfide) groups is 1. The van der Waals surface area contributed by atoms with E-state index < -0.39 is 0 Å². The van der Waals surface area contributed by atoms with Crippen molar-refractivity contribution in [3.63, 3.8) is 0 Å². The summed E-state index contributed by atoms with van der Waals surface area (Å²) in [7, 11) is 3.46. The molecule has 0 aromatic heterocycles. The van der Waals surface area contributed by atoms with Crippen LogP contribution in [0.3, 0.4) is 0 Å². The summed E-state index contributed by atoms with van der Waals surface area (Å²) in [5.41, 5.74) is 6.93. The van der Waals surface area contributed by atoms with Crippen molar-refractivity contribution < 1.29 is 9.47 Å². The molecule has 0 saturated heterocycles. The van der Waals surface area contributed by atoms with E-state index in [2.05, 4.69) is 6.07 Å². The fraction of sp³-hybridized carbons (Fsp3) is 0.684. The van der Waals surface area contributed by atoms with Crippen molar-refractivity contribution in [3.05, 3.63) is 17.7 Å². The van der Waals surface area contributed by atoms with E-state index in [-0.39, 0.29) is 0 Å². The second-order valence-electron chi connectivity index (χ2n) is 6.25. The highest BCUT2D eigenvalue weighted by atomic mass is 32.2. The fourth-order valence-corrected chi connectivity index (χ4v) is 4.72. The van der Waals surface area contributed by atoms with Gasteiger partial charge in [-0.1, -0.05) is 25.7 Å². The van der Waals surface area contributed by atoms with Gasteiger partial charge in [0.2, 0.25) is 0 Å². The third-order valence-electron chi connectivity index (χ3n) is 4.58. The van der Waals surface area contributed by atoms with Crippen LogP contribution in [-0.2, 0) is 6.42 Å². The minimum atomic E-state index is 0.754. The lowest BCUT2D eigenvalue weighted by molar-refractivity contribution is 0.350. The Labute approximate surface area is 145 Å². The van der Waals surface area contributed by atoms with Gasteiger partial charge in [-0.15, -0.1) is 11.8 Å². The van der Waals surface area contributed by atoms with Gasteiger partial charge >= 0.3 is 0 Å². The molecule has 0 amide bonds. The molecule has 2 N–H and O–H groups in total. The molecule has 0 heterocycles. The summed E-state index contributed by atoms with van der Waals surface area (Å²) in [6, 6.07) is 4.27. The Hall–Kier alpha value is -0.870. The van der Waals surface area contributed by atoms with Crippen LogP contribution in [0.4, 0.5) is 0 Å². The molecule has 0 spiro atoms. The molecule has 0 radical (unpaired) electrons. The molecule has 1 fully saturated rings. The summed E-state index contributed by atoms with van der Waals surface area (Å²) in [4.78, 5) is 1.38. The average molecular weight is 338 g/mol. The minimum Gasteiger partial charge on any atom is -0.493 e. The first-order valence-electron chi connectivity index (χ1n) is 8.90. The Morgan fingerprint density at radius 2 is 1.83 bits per heavy atom. The van der Waals surface area contributed by atoms with Gasteiger partial charge in [0.25, 0.3) is 0 Å². The van der Waals surface area contributed by atoms with Gasteiger partial charge in [0, 0.05) is 15.7 Å². The summed E-state index contributed by atoms with van der Waals surface area (Å²) in [6.45, 7) is 0.777. The van der Waals surface area contributed by atoms with Crippen LogP contribution in [0.15, 0.2) is 17.0 Å². The van der Waals surface area contributed by atoms with Crippen LogP contribution in [-0.4, -0.2) is 26.0 Å². The molecule has 0 unspecified atom stereocenters. The van der Waals surface area contributed by atoms with Crippen molar-refractivity contribution >= 4 is 11.8 Å². The van der Waals surface area contributed by atoms with Crippen LogP contribution in [0.1, 0.15) is 56.9 Å². The zero-order valence-corrected chi connectivity index (χ0v) is 15.4.